The maximum atomic E-state index is 6.06. The second-order valence-corrected chi connectivity index (χ2v) is 4.34. The molecule has 3 nitrogen and oxygen atoms in total. The number of aliphatic imine (C=N–C) groups is 1. The fourth-order valence-corrected chi connectivity index (χ4v) is 2.30. The molecule has 1 heterocycles. The maximum Gasteiger partial charge on any atom is 0.127 e. The molecule has 0 amide bonds. The van der Waals surface area contributed by atoms with Gasteiger partial charge in [-0.2, -0.15) is 0 Å². The average molecular weight is 217 g/mol. The third kappa shape index (κ3) is 1.94. The lowest BCUT2D eigenvalue weighted by molar-refractivity contribution is 0.909. The molecule has 0 fully saturated rings. The molecule has 0 aliphatic heterocycles. The molecular weight excluding hydrogens is 198 g/mol. The van der Waals surface area contributed by atoms with Crippen molar-refractivity contribution >= 4 is 5.84 Å². The highest BCUT2D eigenvalue weighted by Gasteiger charge is 2.19. The van der Waals surface area contributed by atoms with Crippen LogP contribution in [0.15, 0.2) is 11.2 Å². The van der Waals surface area contributed by atoms with Gasteiger partial charge in [0.1, 0.15) is 5.84 Å². The molecule has 16 heavy (non-hydrogen) atoms. The fraction of sp³-hybridized carbons (Fsp3) is 0.538. The van der Waals surface area contributed by atoms with Crippen molar-refractivity contribution in [1.82, 2.24) is 4.98 Å². The predicted octanol–water partition coefficient (Wildman–Crippen LogP) is 1.99. The first kappa shape index (κ1) is 11.1. The SMILES string of the molecule is CCCN=C(N)c1c(C)ncc2c1CCC2. The van der Waals surface area contributed by atoms with Crippen LogP contribution in [0.25, 0.3) is 0 Å². The van der Waals surface area contributed by atoms with Crippen LogP contribution in [0.4, 0.5) is 0 Å². The van der Waals surface area contributed by atoms with Crippen LogP contribution >= 0.6 is 0 Å². The zero-order valence-electron chi connectivity index (χ0n) is 10.1. The summed E-state index contributed by atoms with van der Waals surface area (Å²) in [7, 11) is 0. The summed E-state index contributed by atoms with van der Waals surface area (Å²) >= 11 is 0. The Balaban J connectivity index is 2.43. The Morgan fingerprint density at radius 2 is 2.31 bits per heavy atom. The molecule has 0 spiro atoms. The van der Waals surface area contributed by atoms with Crippen LogP contribution in [0, 0.1) is 6.92 Å². The molecule has 0 radical (unpaired) electrons. The molecular formula is C13H19N3. The van der Waals surface area contributed by atoms with Crippen molar-refractivity contribution in [2.45, 2.75) is 39.5 Å². The van der Waals surface area contributed by atoms with Gasteiger partial charge in [-0.05, 0) is 43.7 Å². The van der Waals surface area contributed by atoms with Crippen LogP contribution in [0.5, 0.6) is 0 Å². The first-order valence-corrected chi connectivity index (χ1v) is 6.01. The number of nitrogens with zero attached hydrogens (tertiary/aromatic N) is 2. The molecule has 86 valence electrons. The monoisotopic (exact) mass is 217 g/mol. The molecule has 0 bridgehead atoms. The molecule has 0 aromatic carbocycles. The Bertz CT molecular complexity index is 421. The number of amidine groups is 1. The van der Waals surface area contributed by atoms with E-state index in [1.54, 1.807) is 0 Å². The number of nitrogens with two attached hydrogens (primary N) is 1. The van der Waals surface area contributed by atoms with E-state index in [1.165, 1.54) is 17.5 Å². The number of rotatable bonds is 3. The minimum Gasteiger partial charge on any atom is -0.383 e. The number of aromatic nitrogens is 1. The number of pyridine rings is 1. The summed E-state index contributed by atoms with van der Waals surface area (Å²) in [5.74, 6) is 0.672. The van der Waals surface area contributed by atoms with E-state index < -0.39 is 0 Å². The highest BCUT2D eigenvalue weighted by molar-refractivity contribution is 6.00. The summed E-state index contributed by atoms with van der Waals surface area (Å²) in [4.78, 5) is 8.82. The van der Waals surface area contributed by atoms with Gasteiger partial charge >= 0.3 is 0 Å². The topological polar surface area (TPSA) is 51.3 Å². The van der Waals surface area contributed by atoms with E-state index in [0.717, 1.165) is 37.1 Å². The summed E-state index contributed by atoms with van der Waals surface area (Å²) in [5, 5.41) is 0. The summed E-state index contributed by atoms with van der Waals surface area (Å²) in [6.07, 6.45) is 6.50. The van der Waals surface area contributed by atoms with E-state index in [2.05, 4.69) is 16.9 Å². The molecule has 0 unspecified atom stereocenters. The minimum atomic E-state index is 0.672. The van der Waals surface area contributed by atoms with Crippen molar-refractivity contribution in [1.29, 1.82) is 0 Å². The number of aryl methyl sites for hydroxylation is 2. The van der Waals surface area contributed by atoms with Gasteiger partial charge in [-0.3, -0.25) is 9.98 Å². The van der Waals surface area contributed by atoms with E-state index in [0.29, 0.717) is 5.84 Å². The van der Waals surface area contributed by atoms with Gasteiger partial charge in [0.25, 0.3) is 0 Å². The van der Waals surface area contributed by atoms with Gasteiger partial charge in [-0.25, -0.2) is 0 Å². The number of hydrogen-bond acceptors (Lipinski definition) is 2. The Morgan fingerprint density at radius 1 is 1.50 bits per heavy atom. The highest BCUT2D eigenvalue weighted by Crippen LogP contribution is 2.26. The quantitative estimate of drug-likeness (QED) is 0.622. The van der Waals surface area contributed by atoms with E-state index in [-0.39, 0.29) is 0 Å². The Labute approximate surface area is 96.8 Å². The molecule has 0 atom stereocenters. The first-order chi connectivity index (χ1) is 7.74. The van der Waals surface area contributed by atoms with Crippen molar-refractivity contribution in [3.63, 3.8) is 0 Å². The largest absolute Gasteiger partial charge is 0.383 e. The Kier molecular flexibility index (Phi) is 3.22. The average Bonchev–Trinajstić information content (AvgIpc) is 2.73. The van der Waals surface area contributed by atoms with Crippen molar-refractivity contribution in [2.24, 2.45) is 10.7 Å². The smallest absolute Gasteiger partial charge is 0.127 e. The fourth-order valence-electron chi connectivity index (χ4n) is 2.30. The van der Waals surface area contributed by atoms with Crippen LogP contribution in [-0.4, -0.2) is 17.4 Å². The molecule has 2 N–H and O–H groups in total. The minimum absolute atomic E-state index is 0.672. The molecule has 2 rings (SSSR count). The lowest BCUT2D eigenvalue weighted by Gasteiger charge is -2.10. The third-order valence-electron chi connectivity index (χ3n) is 3.10. The third-order valence-corrected chi connectivity index (χ3v) is 3.10. The lowest BCUT2D eigenvalue weighted by atomic mass is 10.0. The van der Waals surface area contributed by atoms with Gasteiger partial charge in [0.05, 0.1) is 0 Å². The van der Waals surface area contributed by atoms with Crippen molar-refractivity contribution in [2.75, 3.05) is 6.54 Å². The lowest BCUT2D eigenvalue weighted by Crippen LogP contribution is -2.19. The first-order valence-electron chi connectivity index (χ1n) is 6.01. The highest BCUT2D eigenvalue weighted by atomic mass is 14.9. The molecule has 1 aromatic heterocycles. The van der Waals surface area contributed by atoms with Crippen molar-refractivity contribution in [3.05, 3.63) is 28.6 Å². The zero-order chi connectivity index (χ0) is 11.5. The van der Waals surface area contributed by atoms with E-state index >= 15 is 0 Å². The normalized spacial score (nSPS) is 15.2. The van der Waals surface area contributed by atoms with Gasteiger partial charge in [0.2, 0.25) is 0 Å². The number of fused-ring (bicyclic) bond motifs is 1. The van der Waals surface area contributed by atoms with Crippen LogP contribution in [0.2, 0.25) is 0 Å². The van der Waals surface area contributed by atoms with Crippen LogP contribution in [-0.2, 0) is 12.8 Å². The summed E-state index contributed by atoms with van der Waals surface area (Å²) in [5.41, 5.74) is 10.9. The van der Waals surface area contributed by atoms with Gasteiger partial charge in [-0.1, -0.05) is 6.92 Å². The standard InChI is InChI=1S/C13H19N3/c1-3-7-15-13(14)12-9(2)16-8-10-5-4-6-11(10)12/h8H,3-7H2,1-2H3,(H2,14,15). The Morgan fingerprint density at radius 3 is 3.06 bits per heavy atom. The Hall–Kier alpha value is -1.38. The molecule has 0 saturated carbocycles. The second-order valence-electron chi connectivity index (χ2n) is 4.34. The van der Waals surface area contributed by atoms with Crippen LogP contribution in [0.3, 0.4) is 0 Å². The van der Waals surface area contributed by atoms with Gasteiger partial charge in [0.15, 0.2) is 0 Å². The van der Waals surface area contributed by atoms with E-state index in [9.17, 15) is 0 Å². The summed E-state index contributed by atoms with van der Waals surface area (Å²) < 4.78 is 0. The van der Waals surface area contributed by atoms with Gasteiger partial charge in [-0.15, -0.1) is 0 Å². The summed E-state index contributed by atoms with van der Waals surface area (Å²) in [6, 6.07) is 0. The second kappa shape index (κ2) is 4.64. The molecule has 3 heteroatoms. The molecule has 1 aromatic rings. The van der Waals surface area contributed by atoms with Gasteiger partial charge in [0, 0.05) is 24.0 Å². The molecule has 1 aliphatic rings. The zero-order valence-corrected chi connectivity index (χ0v) is 10.1. The molecule has 0 saturated heterocycles. The van der Waals surface area contributed by atoms with Gasteiger partial charge < -0.3 is 5.73 Å². The van der Waals surface area contributed by atoms with E-state index in [1.807, 2.05) is 13.1 Å². The number of hydrogen-bond donors (Lipinski definition) is 1. The molecule has 1 aliphatic carbocycles. The predicted molar refractivity (Wildman–Crippen MR) is 66.9 cm³/mol. The van der Waals surface area contributed by atoms with Crippen molar-refractivity contribution in [3.8, 4) is 0 Å². The summed E-state index contributed by atoms with van der Waals surface area (Å²) in [6.45, 7) is 4.93. The van der Waals surface area contributed by atoms with E-state index in [4.69, 9.17) is 5.73 Å². The maximum absolute atomic E-state index is 6.06. The van der Waals surface area contributed by atoms with Crippen LogP contribution in [0.1, 0.15) is 42.1 Å². The van der Waals surface area contributed by atoms with Crippen LogP contribution < -0.4 is 5.73 Å². The van der Waals surface area contributed by atoms with Crippen molar-refractivity contribution < 1.29 is 0 Å².